The van der Waals surface area contributed by atoms with E-state index in [0.717, 1.165) is 12.1 Å². The number of anilines is 1. The molecule has 0 aromatic heterocycles. The number of fused-ring (bicyclic) bond motifs is 1. The third-order valence-corrected chi connectivity index (χ3v) is 6.74. The average Bonchev–Trinajstić information content (AvgIpc) is 2.86. The number of carbonyl (C=O) groups excluding carboxylic acids is 1. The molecule has 1 aromatic rings. The average molecular weight is 319 g/mol. The van der Waals surface area contributed by atoms with Crippen molar-refractivity contribution in [3.05, 3.63) is 23.8 Å². The summed E-state index contributed by atoms with van der Waals surface area (Å²) in [6, 6.07) is 2.34. The molecule has 1 heterocycles. The monoisotopic (exact) mass is 319 g/mol. The number of hydrogen-bond donors (Lipinski definition) is 1. The minimum absolute atomic E-state index is 0.210. The number of hydrogen-bond acceptors (Lipinski definition) is 3. The standard InChI is InChI=1S/C13H12F3NO3S/c14-13(15,16)8-3-4-10-9(7-8)17-11(18)12(21(10,19)20)5-1-2-6-12/h3-4,7H,1-2,5-6H2,(H,17,18). The fraction of sp³-hybridized carbons (Fsp3) is 0.462. The summed E-state index contributed by atoms with van der Waals surface area (Å²) in [5.41, 5.74) is -1.27. The minimum Gasteiger partial charge on any atom is -0.324 e. The van der Waals surface area contributed by atoms with Gasteiger partial charge in [-0.05, 0) is 31.0 Å². The van der Waals surface area contributed by atoms with Gasteiger partial charge in [0.2, 0.25) is 5.91 Å². The first-order chi connectivity index (χ1) is 9.68. The number of rotatable bonds is 0. The fourth-order valence-corrected chi connectivity index (χ4v) is 5.24. The maximum absolute atomic E-state index is 12.7. The lowest BCUT2D eigenvalue weighted by atomic mass is 10.1. The van der Waals surface area contributed by atoms with E-state index in [-0.39, 0.29) is 23.4 Å². The van der Waals surface area contributed by atoms with Gasteiger partial charge in [-0.1, -0.05) is 12.8 Å². The maximum Gasteiger partial charge on any atom is 0.416 e. The van der Waals surface area contributed by atoms with Crippen LogP contribution in [0.25, 0.3) is 0 Å². The van der Waals surface area contributed by atoms with E-state index in [0.29, 0.717) is 18.9 Å². The predicted molar refractivity (Wildman–Crippen MR) is 68.5 cm³/mol. The molecule has 0 bridgehead atoms. The molecule has 21 heavy (non-hydrogen) atoms. The number of nitrogens with one attached hydrogen (secondary N) is 1. The predicted octanol–water partition coefficient (Wildman–Crippen LogP) is 2.74. The van der Waals surface area contributed by atoms with Gasteiger partial charge in [0.15, 0.2) is 14.6 Å². The number of amides is 1. The van der Waals surface area contributed by atoms with Gasteiger partial charge in [0.05, 0.1) is 16.1 Å². The molecule has 8 heteroatoms. The van der Waals surface area contributed by atoms with Crippen molar-refractivity contribution in [3.63, 3.8) is 0 Å². The molecule has 1 fully saturated rings. The van der Waals surface area contributed by atoms with Crippen LogP contribution in [-0.4, -0.2) is 19.1 Å². The number of carbonyl (C=O) groups is 1. The summed E-state index contributed by atoms with van der Waals surface area (Å²) in [5.74, 6) is -0.716. The van der Waals surface area contributed by atoms with Gasteiger partial charge in [0.25, 0.3) is 0 Å². The lowest BCUT2D eigenvalue weighted by molar-refractivity contribution is -0.137. The second kappa shape index (κ2) is 4.22. The van der Waals surface area contributed by atoms with Crippen LogP contribution >= 0.6 is 0 Å². The molecule has 0 radical (unpaired) electrons. The van der Waals surface area contributed by atoms with Crippen molar-refractivity contribution in [2.75, 3.05) is 5.32 Å². The Bertz CT molecular complexity index is 719. The van der Waals surface area contributed by atoms with E-state index >= 15 is 0 Å². The number of alkyl halides is 3. The number of halogens is 3. The van der Waals surface area contributed by atoms with Crippen LogP contribution in [0.15, 0.2) is 23.1 Å². The highest BCUT2D eigenvalue weighted by Gasteiger charge is 2.56. The van der Waals surface area contributed by atoms with Crippen LogP contribution in [0.4, 0.5) is 18.9 Å². The second-order valence-corrected chi connectivity index (χ2v) is 7.60. The topological polar surface area (TPSA) is 63.2 Å². The first-order valence-corrected chi connectivity index (χ1v) is 7.94. The molecular weight excluding hydrogens is 307 g/mol. The van der Waals surface area contributed by atoms with Gasteiger partial charge < -0.3 is 5.32 Å². The van der Waals surface area contributed by atoms with Gasteiger partial charge in [-0.15, -0.1) is 0 Å². The van der Waals surface area contributed by atoms with Crippen LogP contribution in [0, 0.1) is 0 Å². The molecule has 0 saturated heterocycles. The normalized spacial score (nSPS) is 22.9. The molecule has 3 rings (SSSR count). The quantitative estimate of drug-likeness (QED) is 0.800. The summed E-state index contributed by atoms with van der Waals surface area (Å²) in [5, 5.41) is 2.34. The van der Waals surface area contributed by atoms with Crippen molar-refractivity contribution in [2.24, 2.45) is 0 Å². The van der Waals surface area contributed by atoms with Crippen molar-refractivity contribution in [1.82, 2.24) is 0 Å². The van der Waals surface area contributed by atoms with E-state index in [9.17, 15) is 26.4 Å². The van der Waals surface area contributed by atoms with Crippen LogP contribution in [-0.2, 0) is 20.8 Å². The zero-order valence-corrected chi connectivity index (χ0v) is 11.6. The van der Waals surface area contributed by atoms with Gasteiger partial charge >= 0.3 is 6.18 Å². The minimum atomic E-state index is -4.59. The SMILES string of the molecule is O=C1Nc2cc(C(F)(F)F)ccc2S(=O)(=O)C12CCCC2. The van der Waals surface area contributed by atoms with Gasteiger partial charge in [0, 0.05) is 0 Å². The van der Waals surface area contributed by atoms with Crippen LogP contribution < -0.4 is 5.32 Å². The Morgan fingerprint density at radius 2 is 1.76 bits per heavy atom. The van der Waals surface area contributed by atoms with Gasteiger partial charge in [0.1, 0.15) is 0 Å². The molecule has 1 aromatic carbocycles. The Morgan fingerprint density at radius 3 is 2.33 bits per heavy atom. The molecule has 1 saturated carbocycles. The van der Waals surface area contributed by atoms with Crippen molar-refractivity contribution >= 4 is 21.4 Å². The van der Waals surface area contributed by atoms with E-state index < -0.39 is 32.2 Å². The molecule has 0 atom stereocenters. The van der Waals surface area contributed by atoms with E-state index in [4.69, 9.17) is 0 Å². The Hall–Kier alpha value is -1.57. The molecule has 1 aliphatic heterocycles. The zero-order chi connectivity index (χ0) is 15.5. The van der Waals surface area contributed by atoms with Crippen molar-refractivity contribution in [1.29, 1.82) is 0 Å². The summed E-state index contributed by atoms with van der Waals surface area (Å²) >= 11 is 0. The Labute approximate surface area is 119 Å². The summed E-state index contributed by atoms with van der Waals surface area (Å²) in [6.07, 6.45) is -2.94. The van der Waals surface area contributed by atoms with Crippen LogP contribution in [0.5, 0.6) is 0 Å². The number of sulfone groups is 1. The molecule has 114 valence electrons. The van der Waals surface area contributed by atoms with E-state index in [1.54, 1.807) is 0 Å². The Balaban J connectivity index is 2.19. The Morgan fingerprint density at radius 1 is 1.14 bits per heavy atom. The largest absolute Gasteiger partial charge is 0.416 e. The highest BCUT2D eigenvalue weighted by atomic mass is 32.2. The maximum atomic E-state index is 12.7. The highest BCUT2D eigenvalue weighted by molar-refractivity contribution is 7.94. The van der Waals surface area contributed by atoms with Gasteiger partial charge in [-0.3, -0.25) is 4.79 Å². The summed E-state index contributed by atoms with van der Waals surface area (Å²) in [4.78, 5) is 12.0. The van der Waals surface area contributed by atoms with Gasteiger partial charge in [-0.2, -0.15) is 13.2 Å². The number of benzene rings is 1. The van der Waals surface area contributed by atoms with Crippen molar-refractivity contribution in [3.8, 4) is 0 Å². The molecular formula is C13H12F3NO3S. The smallest absolute Gasteiger partial charge is 0.324 e. The zero-order valence-electron chi connectivity index (χ0n) is 10.8. The fourth-order valence-electron chi connectivity index (χ4n) is 3.05. The highest BCUT2D eigenvalue weighted by Crippen LogP contribution is 2.47. The summed E-state index contributed by atoms with van der Waals surface area (Å²) in [6.45, 7) is 0. The lowest BCUT2D eigenvalue weighted by Gasteiger charge is -2.33. The van der Waals surface area contributed by atoms with Crippen molar-refractivity contribution < 1.29 is 26.4 Å². The molecule has 4 nitrogen and oxygen atoms in total. The van der Waals surface area contributed by atoms with E-state index in [2.05, 4.69) is 5.32 Å². The second-order valence-electron chi connectivity index (χ2n) is 5.37. The third-order valence-electron chi connectivity index (χ3n) is 4.18. The molecule has 1 amide bonds. The van der Waals surface area contributed by atoms with Gasteiger partial charge in [-0.25, -0.2) is 8.42 Å². The summed E-state index contributed by atoms with van der Waals surface area (Å²) in [7, 11) is -3.97. The van der Waals surface area contributed by atoms with E-state index in [1.165, 1.54) is 0 Å². The first kappa shape index (κ1) is 14.4. The lowest BCUT2D eigenvalue weighted by Crippen LogP contribution is -2.50. The molecule has 1 aliphatic carbocycles. The third kappa shape index (κ3) is 1.88. The summed E-state index contributed by atoms with van der Waals surface area (Å²) < 4.78 is 61.8. The molecule has 1 N–H and O–H groups in total. The van der Waals surface area contributed by atoms with E-state index in [1.807, 2.05) is 0 Å². The van der Waals surface area contributed by atoms with Crippen LogP contribution in [0.1, 0.15) is 31.2 Å². The van der Waals surface area contributed by atoms with Crippen LogP contribution in [0.2, 0.25) is 0 Å². The van der Waals surface area contributed by atoms with Crippen LogP contribution in [0.3, 0.4) is 0 Å². The molecule has 0 unspecified atom stereocenters. The Kier molecular flexibility index (Phi) is 2.89. The molecule has 2 aliphatic rings. The first-order valence-electron chi connectivity index (χ1n) is 6.46. The van der Waals surface area contributed by atoms with Crippen molar-refractivity contribution in [2.45, 2.75) is 41.5 Å². The molecule has 1 spiro atoms.